The van der Waals surface area contributed by atoms with Crippen LogP contribution in [0.25, 0.3) is 4.85 Å². The molecule has 6 nitrogen and oxygen atoms in total. The first-order valence-electron chi connectivity index (χ1n) is 6.70. The summed E-state index contributed by atoms with van der Waals surface area (Å²) in [7, 11) is 0. The van der Waals surface area contributed by atoms with Crippen LogP contribution in [0.1, 0.15) is 37.0 Å². The first-order valence-corrected chi connectivity index (χ1v) is 6.70. The van der Waals surface area contributed by atoms with E-state index in [9.17, 15) is 4.79 Å². The van der Waals surface area contributed by atoms with Gasteiger partial charge in [0.1, 0.15) is 11.5 Å². The Balaban J connectivity index is 2.19. The van der Waals surface area contributed by atoms with E-state index in [-0.39, 0.29) is 16.9 Å². The lowest BCUT2D eigenvalue weighted by Crippen LogP contribution is -2.13. The van der Waals surface area contributed by atoms with Crippen molar-refractivity contribution in [2.24, 2.45) is 5.10 Å². The molecule has 1 heterocycles. The third-order valence-electron chi connectivity index (χ3n) is 2.86. The number of anilines is 1. The van der Waals surface area contributed by atoms with Gasteiger partial charge in [-0.2, -0.15) is 0 Å². The normalized spacial score (nSPS) is 11.8. The van der Waals surface area contributed by atoms with Crippen LogP contribution in [-0.4, -0.2) is 16.8 Å². The molecule has 1 N–H and O–H groups in total. The van der Waals surface area contributed by atoms with Gasteiger partial charge in [0.05, 0.1) is 5.69 Å². The topological polar surface area (TPSA) is 71.8 Å². The molecule has 6 heteroatoms. The van der Waals surface area contributed by atoms with Gasteiger partial charge in [-0.3, -0.25) is 4.79 Å². The summed E-state index contributed by atoms with van der Waals surface area (Å²) < 4.78 is 5.16. The van der Waals surface area contributed by atoms with E-state index in [1.807, 2.05) is 39.0 Å². The van der Waals surface area contributed by atoms with E-state index in [4.69, 9.17) is 11.1 Å². The average Bonchev–Trinajstić information content (AvgIpc) is 2.98. The van der Waals surface area contributed by atoms with Crippen molar-refractivity contribution in [1.82, 2.24) is 5.16 Å². The minimum atomic E-state index is -0.572. The van der Waals surface area contributed by atoms with Gasteiger partial charge in [-0.15, -0.1) is 0 Å². The maximum atomic E-state index is 12.2. The number of Topliss-reactive ketones (excluding diaryl/α,β-unsaturated/α-hetero) is 1. The zero-order valence-electron chi connectivity index (χ0n) is 12.6. The fraction of sp³-hybridized carbons (Fsp3) is 0.250. The highest BCUT2D eigenvalue weighted by atomic mass is 16.5. The molecule has 22 heavy (non-hydrogen) atoms. The van der Waals surface area contributed by atoms with Crippen molar-refractivity contribution in [3.05, 3.63) is 59.3 Å². The van der Waals surface area contributed by atoms with Gasteiger partial charge in [-0.1, -0.05) is 50.7 Å². The summed E-state index contributed by atoms with van der Waals surface area (Å²) in [6, 6.07) is 10.6. The highest BCUT2D eigenvalue weighted by Crippen LogP contribution is 2.23. The lowest BCUT2D eigenvalue weighted by atomic mass is 9.93. The van der Waals surface area contributed by atoms with E-state index in [0.717, 1.165) is 0 Å². The maximum absolute atomic E-state index is 12.2. The van der Waals surface area contributed by atoms with Crippen LogP contribution in [0.4, 0.5) is 5.69 Å². The molecule has 0 bridgehead atoms. The molecule has 0 aliphatic rings. The molecule has 0 saturated heterocycles. The van der Waals surface area contributed by atoms with Gasteiger partial charge >= 0.3 is 5.84 Å². The van der Waals surface area contributed by atoms with Gasteiger partial charge in [0, 0.05) is 11.5 Å². The third kappa shape index (κ3) is 3.58. The lowest BCUT2D eigenvalue weighted by molar-refractivity contribution is 0.105. The smallest absolute Gasteiger partial charge is 0.343 e. The number of carbonyl (C=O) groups excluding carboxylic acids is 1. The summed E-state index contributed by atoms with van der Waals surface area (Å²) >= 11 is 0. The van der Waals surface area contributed by atoms with Crippen LogP contribution in [-0.2, 0) is 5.41 Å². The number of para-hydroxylation sites is 1. The second-order valence-corrected chi connectivity index (χ2v) is 5.68. The number of benzene rings is 1. The van der Waals surface area contributed by atoms with Crippen LogP contribution in [0.5, 0.6) is 0 Å². The van der Waals surface area contributed by atoms with E-state index >= 15 is 0 Å². The predicted molar refractivity (Wildman–Crippen MR) is 83.6 cm³/mol. The quantitative estimate of drug-likeness (QED) is 0.308. The summed E-state index contributed by atoms with van der Waals surface area (Å²) in [5.74, 6) is -0.286. The molecule has 2 rings (SSSR count). The van der Waals surface area contributed by atoms with Crippen molar-refractivity contribution in [3.63, 3.8) is 0 Å². The average molecular weight is 296 g/mol. The molecule has 0 fully saturated rings. The van der Waals surface area contributed by atoms with Crippen molar-refractivity contribution in [3.8, 4) is 0 Å². The Morgan fingerprint density at radius 2 is 2.00 bits per heavy atom. The molecule has 0 radical (unpaired) electrons. The number of hydrazone groups is 1. The van der Waals surface area contributed by atoms with Crippen LogP contribution >= 0.6 is 0 Å². The highest BCUT2D eigenvalue weighted by molar-refractivity contribution is 6.48. The van der Waals surface area contributed by atoms with Crippen LogP contribution in [0.3, 0.4) is 0 Å². The molecular weight excluding hydrogens is 280 g/mol. The molecule has 0 spiro atoms. The summed E-state index contributed by atoms with van der Waals surface area (Å²) in [5.41, 5.74) is 3.18. The van der Waals surface area contributed by atoms with Crippen molar-refractivity contribution in [2.45, 2.75) is 26.2 Å². The highest BCUT2D eigenvalue weighted by Gasteiger charge is 2.24. The Labute approximate surface area is 128 Å². The van der Waals surface area contributed by atoms with Crippen LogP contribution in [0.15, 0.2) is 46.0 Å². The third-order valence-corrected chi connectivity index (χ3v) is 2.86. The zero-order valence-corrected chi connectivity index (χ0v) is 12.6. The number of hydrogen-bond acceptors (Lipinski definition) is 5. The van der Waals surface area contributed by atoms with Gasteiger partial charge in [-0.05, 0) is 17.2 Å². The summed E-state index contributed by atoms with van der Waals surface area (Å²) in [6.07, 6.45) is 0. The molecule has 0 aliphatic carbocycles. The fourth-order valence-corrected chi connectivity index (χ4v) is 1.61. The summed E-state index contributed by atoms with van der Waals surface area (Å²) in [4.78, 5) is 15.4. The van der Waals surface area contributed by atoms with Crippen molar-refractivity contribution < 1.29 is 9.32 Å². The van der Waals surface area contributed by atoms with Gasteiger partial charge in [0.2, 0.25) is 5.78 Å². The molecule has 1 aromatic heterocycles. The van der Waals surface area contributed by atoms with Gasteiger partial charge in [0.15, 0.2) is 0 Å². The number of nitrogens with zero attached hydrogens (tertiary/aromatic N) is 3. The van der Waals surface area contributed by atoms with E-state index in [1.165, 1.54) is 0 Å². The second-order valence-electron chi connectivity index (χ2n) is 5.68. The van der Waals surface area contributed by atoms with Crippen LogP contribution < -0.4 is 5.43 Å². The lowest BCUT2D eigenvalue weighted by Gasteiger charge is -2.11. The Morgan fingerprint density at radius 3 is 2.55 bits per heavy atom. The number of rotatable bonds is 4. The molecule has 0 amide bonds. The van der Waals surface area contributed by atoms with Crippen molar-refractivity contribution in [2.75, 3.05) is 5.43 Å². The molecule has 0 saturated carbocycles. The first kappa shape index (κ1) is 15.4. The Morgan fingerprint density at radius 1 is 1.32 bits per heavy atom. The molecule has 0 aliphatic heterocycles. The molecule has 1 aromatic carbocycles. The largest absolute Gasteiger partial charge is 0.360 e. The minimum Gasteiger partial charge on any atom is -0.360 e. The van der Waals surface area contributed by atoms with Crippen LogP contribution in [0.2, 0.25) is 0 Å². The number of aromatic nitrogens is 1. The number of ketones is 1. The summed E-state index contributed by atoms with van der Waals surface area (Å²) in [6.45, 7) is 13.0. The maximum Gasteiger partial charge on any atom is 0.343 e. The molecule has 0 unspecified atom stereocenters. The number of nitrogens with one attached hydrogen (secondary N) is 1. The zero-order chi connectivity index (χ0) is 16.2. The molecule has 0 atom stereocenters. The first-order chi connectivity index (χ1) is 10.4. The standard InChI is InChI=1S/C16H16N4O2/c1-16(2,3)13-10-12(20-22-13)14(21)15(17-4)19-18-11-8-6-5-7-9-11/h5-10,18H,1-3H3/b19-15-. The van der Waals surface area contributed by atoms with E-state index in [0.29, 0.717) is 11.4 Å². The molecule has 112 valence electrons. The predicted octanol–water partition coefficient (Wildman–Crippen LogP) is 3.50. The summed E-state index contributed by atoms with van der Waals surface area (Å²) in [5, 5.41) is 7.57. The van der Waals surface area contributed by atoms with E-state index in [2.05, 4.69) is 20.5 Å². The monoisotopic (exact) mass is 296 g/mol. The number of carbonyl (C=O) groups is 1. The van der Waals surface area contributed by atoms with Gasteiger partial charge < -0.3 is 9.37 Å². The SMILES string of the molecule is [C-]#[N+]/C(=N\Nc1ccccc1)C(=O)c1cc(C(C)(C)C)on1. The number of amidine groups is 1. The Bertz CT molecular complexity index is 733. The van der Waals surface area contributed by atoms with Gasteiger partial charge in [0.25, 0.3) is 0 Å². The molecular formula is C16H16N4O2. The Kier molecular flexibility index (Phi) is 4.37. The number of hydrogen-bond donors (Lipinski definition) is 1. The van der Waals surface area contributed by atoms with E-state index < -0.39 is 5.78 Å². The van der Waals surface area contributed by atoms with E-state index in [1.54, 1.807) is 18.2 Å². The Hall–Kier alpha value is -2.94. The minimum absolute atomic E-state index is 0.0783. The van der Waals surface area contributed by atoms with Gasteiger partial charge in [-0.25, -0.2) is 5.43 Å². The van der Waals surface area contributed by atoms with Crippen molar-refractivity contribution in [1.29, 1.82) is 0 Å². The fourth-order valence-electron chi connectivity index (χ4n) is 1.61. The van der Waals surface area contributed by atoms with Crippen LogP contribution in [0, 0.1) is 6.57 Å². The van der Waals surface area contributed by atoms with Crippen molar-refractivity contribution >= 4 is 17.3 Å². The molecule has 2 aromatic rings. The second kappa shape index (κ2) is 6.22.